The maximum Gasteiger partial charge on any atom is 0.407 e. The number of aryl methyl sites for hydroxylation is 1. The Morgan fingerprint density at radius 2 is 1.95 bits per heavy atom. The molecule has 1 aromatic carbocycles. The molecule has 196 valence electrons. The van der Waals surface area contributed by atoms with Crippen LogP contribution >= 0.6 is 11.3 Å². The van der Waals surface area contributed by atoms with Gasteiger partial charge in [0.1, 0.15) is 11.6 Å². The molecule has 4 N–H and O–H groups in total. The summed E-state index contributed by atoms with van der Waals surface area (Å²) in [5.74, 6) is 0.621. The molecule has 5 aromatic rings. The summed E-state index contributed by atoms with van der Waals surface area (Å²) in [5, 5.41) is 18.9. The van der Waals surface area contributed by atoms with Crippen LogP contribution in [0.15, 0.2) is 61.2 Å². The summed E-state index contributed by atoms with van der Waals surface area (Å²) < 4.78 is 9.08. The van der Waals surface area contributed by atoms with E-state index in [1.54, 1.807) is 22.2 Å². The summed E-state index contributed by atoms with van der Waals surface area (Å²) in [6.45, 7) is 0.591. The molecule has 0 saturated heterocycles. The van der Waals surface area contributed by atoms with E-state index in [9.17, 15) is 4.79 Å². The van der Waals surface area contributed by atoms with Gasteiger partial charge in [-0.05, 0) is 11.6 Å². The van der Waals surface area contributed by atoms with Gasteiger partial charge in [0.2, 0.25) is 0 Å². The zero-order valence-electron chi connectivity index (χ0n) is 21.4. The van der Waals surface area contributed by atoms with Gasteiger partial charge in [-0.2, -0.15) is 5.10 Å². The molecule has 0 fully saturated rings. The molecule has 4 aromatic heterocycles. The first kappa shape index (κ1) is 25.1. The minimum atomic E-state index is -0.468. The highest BCUT2D eigenvalue weighted by Gasteiger charge is 2.16. The second-order valence-corrected chi connectivity index (χ2v) is 9.59. The molecule has 38 heavy (non-hydrogen) atoms. The molecule has 0 aliphatic heterocycles. The Bertz CT molecular complexity index is 1520. The fourth-order valence-corrected chi connectivity index (χ4v) is 4.93. The molecule has 0 radical (unpaired) electrons. The van der Waals surface area contributed by atoms with Gasteiger partial charge in [0, 0.05) is 52.1 Å². The van der Waals surface area contributed by atoms with E-state index < -0.39 is 6.09 Å². The number of alkyl carbamates (subject to hydrolysis) is 1. The monoisotopic (exact) mass is 531 g/mol. The largest absolute Gasteiger partial charge is 0.445 e. The number of hydrogen-bond donors (Lipinski definition) is 4. The first-order valence-electron chi connectivity index (χ1n) is 12.1. The van der Waals surface area contributed by atoms with Crippen molar-refractivity contribution in [2.45, 2.75) is 13.0 Å². The van der Waals surface area contributed by atoms with Crippen molar-refractivity contribution in [1.82, 2.24) is 29.5 Å². The molecule has 0 saturated carbocycles. The normalized spacial score (nSPS) is 10.9. The number of carbonyl (C=O) groups excluding carboxylic acids is 1. The van der Waals surface area contributed by atoms with E-state index in [1.807, 2.05) is 80.5 Å². The van der Waals surface area contributed by atoms with E-state index in [2.05, 4.69) is 31.3 Å². The quantitative estimate of drug-likeness (QED) is 0.208. The summed E-state index contributed by atoms with van der Waals surface area (Å²) in [5.41, 5.74) is 5.23. The van der Waals surface area contributed by atoms with E-state index in [0.29, 0.717) is 24.4 Å². The Morgan fingerprint density at radius 3 is 2.66 bits per heavy atom. The Balaban J connectivity index is 1.37. The van der Waals surface area contributed by atoms with Crippen LogP contribution < -0.4 is 21.3 Å². The number of ether oxygens (including phenoxy) is 1. The molecular formula is C26H29N9O2S. The van der Waals surface area contributed by atoms with E-state index in [1.165, 1.54) is 0 Å². The number of benzene rings is 1. The molecule has 1 amide bonds. The number of amides is 1. The molecule has 4 heterocycles. The number of thiophene rings is 1. The van der Waals surface area contributed by atoms with Crippen LogP contribution in [0.25, 0.3) is 16.9 Å². The predicted octanol–water partition coefficient (Wildman–Crippen LogP) is 4.49. The average Bonchev–Trinajstić information content (AvgIpc) is 3.66. The number of carbonyl (C=O) groups is 1. The minimum absolute atomic E-state index is 0.221. The molecule has 0 unspecified atom stereocenters. The number of rotatable bonds is 10. The lowest BCUT2D eigenvalue weighted by Crippen LogP contribution is -2.26. The Labute approximate surface area is 223 Å². The lowest BCUT2D eigenvalue weighted by Gasteiger charge is -2.11. The van der Waals surface area contributed by atoms with Gasteiger partial charge >= 0.3 is 6.09 Å². The maximum atomic E-state index is 12.2. The molecule has 12 heteroatoms. The van der Waals surface area contributed by atoms with Crippen LogP contribution in [0, 0.1) is 0 Å². The van der Waals surface area contributed by atoms with Gasteiger partial charge in [0.25, 0.3) is 0 Å². The molecule has 0 aliphatic rings. The van der Waals surface area contributed by atoms with Gasteiger partial charge in [0.15, 0.2) is 11.5 Å². The van der Waals surface area contributed by atoms with Crippen molar-refractivity contribution in [2.75, 3.05) is 36.6 Å². The highest BCUT2D eigenvalue weighted by molar-refractivity contribution is 7.20. The van der Waals surface area contributed by atoms with E-state index in [-0.39, 0.29) is 6.61 Å². The molecule has 11 nitrogen and oxygen atoms in total. The minimum Gasteiger partial charge on any atom is -0.445 e. The van der Waals surface area contributed by atoms with E-state index in [4.69, 9.17) is 9.72 Å². The number of hydrogen-bond acceptors (Lipinski definition) is 9. The van der Waals surface area contributed by atoms with Gasteiger partial charge in [-0.3, -0.25) is 9.08 Å². The summed E-state index contributed by atoms with van der Waals surface area (Å²) >= 11 is 1.58. The van der Waals surface area contributed by atoms with Crippen LogP contribution in [0.3, 0.4) is 0 Å². The standard InChI is InChI=1S/C26H29N9O2S/c1-27-20-11-22(38-25(20)28-2)33-23-24-30-13-21(18-12-31-34(3)14-18)35(24)15-19(32-23)9-10-29-26(36)37-16-17-7-5-4-6-8-17/h4-8,11-15,27-28H,9-10,16H2,1-3H3,(H,29,36)(H,32,33). The van der Waals surface area contributed by atoms with Crippen molar-refractivity contribution in [3.8, 4) is 11.3 Å². The zero-order chi connectivity index (χ0) is 26.5. The average molecular weight is 532 g/mol. The smallest absolute Gasteiger partial charge is 0.407 e. The van der Waals surface area contributed by atoms with Gasteiger partial charge in [-0.1, -0.05) is 41.7 Å². The highest BCUT2D eigenvalue weighted by atomic mass is 32.1. The summed E-state index contributed by atoms with van der Waals surface area (Å²) in [6, 6.07) is 11.6. The number of anilines is 4. The Hall–Kier alpha value is -4.58. The van der Waals surface area contributed by atoms with Crippen LogP contribution in [0.2, 0.25) is 0 Å². The molecule has 0 aliphatic carbocycles. The first-order valence-corrected chi connectivity index (χ1v) is 12.9. The third-order valence-corrected chi connectivity index (χ3v) is 6.94. The second kappa shape index (κ2) is 11.2. The lowest BCUT2D eigenvalue weighted by atomic mass is 10.2. The molecule has 0 spiro atoms. The van der Waals surface area contributed by atoms with Crippen LogP contribution in [0.1, 0.15) is 11.3 Å². The van der Waals surface area contributed by atoms with Crippen LogP contribution in [0.4, 0.5) is 26.3 Å². The molecule has 0 atom stereocenters. The Morgan fingerprint density at radius 1 is 1.11 bits per heavy atom. The summed E-state index contributed by atoms with van der Waals surface area (Å²) in [6.07, 6.45) is 7.54. The lowest BCUT2D eigenvalue weighted by molar-refractivity contribution is 0.140. The maximum absolute atomic E-state index is 12.2. The van der Waals surface area contributed by atoms with E-state index in [0.717, 1.165) is 38.2 Å². The van der Waals surface area contributed by atoms with Gasteiger partial charge in [0.05, 0.1) is 34.5 Å². The molecule has 5 rings (SSSR count). The number of aromatic nitrogens is 5. The third-order valence-electron chi connectivity index (χ3n) is 5.88. The number of nitrogens with zero attached hydrogens (tertiary/aromatic N) is 5. The van der Waals surface area contributed by atoms with E-state index >= 15 is 0 Å². The van der Waals surface area contributed by atoms with Gasteiger partial charge in [-0.25, -0.2) is 14.8 Å². The second-order valence-electron chi connectivity index (χ2n) is 8.54. The van der Waals surface area contributed by atoms with Crippen molar-refractivity contribution in [2.24, 2.45) is 7.05 Å². The van der Waals surface area contributed by atoms with Crippen molar-refractivity contribution < 1.29 is 9.53 Å². The van der Waals surface area contributed by atoms with Crippen molar-refractivity contribution >= 4 is 44.6 Å². The SMILES string of the molecule is CNc1cc(Nc2nc(CCNC(=O)OCc3ccccc3)cn3c(-c4cnn(C)c4)cnc23)sc1NC. The van der Waals surface area contributed by atoms with Crippen LogP contribution in [-0.2, 0) is 24.8 Å². The number of imidazole rings is 1. The zero-order valence-corrected chi connectivity index (χ0v) is 22.2. The number of nitrogens with one attached hydrogen (secondary N) is 4. The van der Waals surface area contributed by atoms with Gasteiger partial charge < -0.3 is 26.0 Å². The van der Waals surface area contributed by atoms with Crippen molar-refractivity contribution in [3.05, 3.63) is 72.4 Å². The van der Waals surface area contributed by atoms with Gasteiger partial charge in [-0.15, -0.1) is 0 Å². The van der Waals surface area contributed by atoms with Crippen molar-refractivity contribution in [3.63, 3.8) is 0 Å². The highest BCUT2D eigenvalue weighted by Crippen LogP contribution is 2.38. The summed E-state index contributed by atoms with van der Waals surface area (Å²) in [7, 11) is 5.65. The fourth-order valence-electron chi connectivity index (χ4n) is 4.02. The van der Waals surface area contributed by atoms with Crippen molar-refractivity contribution in [1.29, 1.82) is 0 Å². The topological polar surface area (TPSA) is 122 Å². The predicted molar refractivity (Wildman–Crippen MR) is 150 cm³/mol. The first-order chi connectivity index (χ1) is 18.5. The molecular weight excluding hydrogens is 502 g/mol. The van der Waals surface area contributed by atoms with Crippen LogP contribution in [0.5, 0.6) is 0 Å². The molecule has 0 bridgehead atoms. The number of fused-ring (bicyclic) bond motifs is 1. The Kier molecular flexibility index (Phi) is 7.40. The third kappa shape index (κ3) is 5.54. The van der Waals surface area contributed by atoms with Crippen LogP contribution in [-0.4, -0.2) is 50.9 Å². The fraction of sp³-hybridized carbons (Fsp3) is 0.231. The summed E-state index contributed by atoms with van der Waals surface area (Å²) in [4.78, 5) is 21.7.